The second kappa shape index (κ2) is 13.6. The summed E-state index contributed by atoms with van der Waals surface area (Å²) in [6.07, 6.45) is 2.62. The van der Waals surface area contributed by atoms with Crippen LogP contribution in [0.3, 0.4) is 0 Å². The molecule has 0 aliphatic carbocycles. The van der Waals surface area contributed by atoms with Gasteiger partial charge in [0.15, 0.2) is 5.43 Å². The Balaban J connectivity index is 1.25. The summed E-state index contributed by atoms with van der Waals surface area (Å²) in [5, 5.41) is 5.16. The number of rotatable bonds is 6. The highest BCUT2D eigenvalue weighted by Crippen LogP contribution is 2.37. The average molecular weight is 704 g/mol. The first kappa shape index (κ1) is 33.8. The Hall–Kier alpha value is -5.68. The van der Waals surface area contributed by atoms with Crippen LogP contribution in [0.2, 0.25) is 5.02 Å². The van der Waals surface area contributed by atoms with Gasteiger partial charge in [-0.1, -0.05) is 60.1 Å². The third kappa shape index (κ3) is 6.64. The van der Waals surface area contributed by atoms with E-state index in [-0.39, 0.29) is 17.1 Å². The molecule has 51 heavy (non-hydrogen) atoms. The van der Waals surface area contributed by atoms with Crippen LogP contribution in [-0.4, -0.2) is 62.3 Å². The molecular weight excluding hydrogens is 666 g/mol. The number of anilines is 2. The molecule has 0 spiro atoms. The number of aromatic nitrogens is 4. The smallest absolute Gasteiger partial charge is 0.410 e. The van der Waals surface area contributed by atoms with E-state index in [1.165, 1.54) is 12.4 Å². The minimum atomic E-state index is -0.550. The van der Waals surface area contributed by atoms with E-state index in [0.29, 0.717) is 70.2 Å². The lowest BCUT2D eigenvalue weighted by molar-refractivity contribution is 0.0240. The van der Waals surface area contributed by atoms with Crippen molar-refractivity contribution in [2.45, 2.75) is 39.3 Å². The van der Waals surface area contributed by atoms with Crippen molar-refractivity contribution in [3.8, 4) is 16.8 Å². The summed E-state index contributed by atoms with van der Waals surface area (Å²) in [6, 6.07) is 24.1. The number of ether oxygens (including phenoxy) is 1. The second-order valence-corrected chi connectivity index (χ2v) is 13.9. The van der Waals surface area contributed by atoms with Crippen LogP contribution in [0.4, 0.5) is 16.3 Å². The minimum absolute atomic E-state index is 0.229. The number of fused-ring (bicyclic) bond motifs is 2. The summed E-state index contributed by atoms with van der Waals surface area (Å²) in [5.41, 5.74) is 3.23. The fourth-order valence-corrected chi connectivity index (χ4v) is 7.00. The third-order valence-electron chi connectivity index (χ3n) is 8.98. The van der Waals surface area contributed by atoms with Crippen molar-refractivity contribution >= 4 is 51.0 Å². The Morgan fingerprint density at radius 1 is 0.882 bits per heavy atom. The molecule has 260 valence electrons. The van der Waals surface area contributed by atoms with E-state index in [0.717, 1.165) is 16.8 Å². The molecule has 1 atom stereocenters. The maximum atomic E-state index is 14.8. The first-order chi connectivity index (χ1) is 24.5. The third-order valence-corrected chi connectivity index (χ3v) is 9.38. The largest absolute Gasteiger partial charge is 0.444 e. The molecule has 12 heteroatoms. The number of aromatic amines is 1. The zero-order valence-electron chi connectivity index (χ0n) is 28.8. The number of benzene rings is 3. The van der Waals surface area contributed by atoms with Gasteiger partial charge in [0.1, 0.15) is 28.8 Å². The molecule has 1 amide bonds. The summed E-state index contributed by atoms with van der Waals surface area (Å²) in [6.45, 7) is 9.98. The van der Waals surface area contributed by atoms with Gasteiger partial charge in [-0.25, -0.2) is 14.8 Å². The lowest BCUT2D eigenvalue weighted by Crippen LogP contribution is -2.50. The Bertz CT molecular complexity index is 2360. The van der Waals surface area contributed by atoms with E-state index in [2.05, 4.69) is 25.2 Å². The summed E-state index contributed by atoms with van der Waals surface area (Å²) in [7, 11) is 0. The van der Waals surface area contributed by atoms with Gasteiger partial charge in [0.25, 0.3) is 5.56 Å². The van der Waals surface area contributed by atoms with Gasteiger partial charge in [0.2, 0.25) is 0 Å². The molecule has 1 aliphatic rings. The number of para-hydroxylation sites is 1. The van der Waals surface area contributed by atoms with Crippen LogP contribution in [0.5, 0.6) is 0 Å². The number of H-pyrrole nitrogens is 1. The first-order valence-electron chi connectivity index (χ1n) is 16.8. The first-order valence-corrected chi connectivity index (χ1v) is 17.2. The number of carbonyl (C=O) groups excluding carboxylic acids is 1. The highest BCUT2D eigenvalue weighted by Gasteiger charge is 2.27. The molecule has 0 unspecified atom stereocenters. The lowest BCUT2D eigenvalue weighted by atomic mass is 9.97. The summed E-state index contributed by atoms with van der Waals surface area (Å²) in [5.74, 6) is 0.331. The number of amides is 1. The highest BCUT2D eigenvalue weighted by atomic mass is 35.5. The number of nitrogens with one attached hydrogen (secondary N) is 2. The molecular formula is C39H38ClN7O4. The molecule has 7 rings (SSSR count). The zero-order valence-corrected chi connectivity index (χ0v) is 29.6. The fourth-order valence-electron chi connectivity index (χ4n) is 6.60. The Morgan fingerprint density at radius 3 is 2.31 bits per heavy atom. The van der Waals surface area contributed by atoms with Crippen molar-refractivity contribution in [1.29, 1.82) is 0 Å². The van der Waals surface area contributed by atoms with E-state index in [9.17, 15) is 14.4 Å². The minimum Gasteiger partial charge on any atom is -0.444 e. The topological polar surface area (TPSA) is 125 Å². The van der Waals surface area contributed by atoms with Crippen molar-refractivity contribution < 1.29 is 9.53 Å². The van der Waals surface area contributed by atoms with Crippen molar-refractivity contribution in [2.75, 3.05) is 36.4 Å². The highest BCUT2D eigenvalue weighted by molar-refractivity contribution is 6.36. The van der Waals surface area contributed by atoms with Gasteiger partial charge in [-0.15, -0.1) is 0 Å². The standard InChI is InChI=1S/C39H38ClN7O4/c1-24(44-36-32-30(48)17-18-41-35(32)42-23-43-36)34-33(40)29-12-8-11-28(31(29)37(49)47(34)27-9-6-5-7-10-27)25-13-15-26(16-14-25)45-19-21-46(22-20-45)38(50)51-39(2,3)4/h5-18,23-24H,19-22H2,1-4H3,(H2,41,42,43,44,48)/t24-/m0/s1. The molecule has 0 radical (unpaired) electrons. The predicted molar refractivity (Wildman–Crippen MR) is 202 cm³/mol. The predicted octanol–water partition coefficient (Wildman–Crippen LogP) is 7.17. The van der Waals surface area contributed by atoms with Gasteiger partial charge < -0.3 is 24.8 Å². The van der Waals surface area contributed by atoms with Crippen LogP contribution in [0.1, 0.15) is 39.4 Å². The van der Waals surface area contributed by atoms with Crippen molar-refractivity contribution in [3.63, 3.8) is 0 Å². The Kier molecular flexibility index (Phi) is 8.99. The van der Waals surface area contributed by atoms with E-state index >= 15 is 0 Å². The molecule has 1 fully saturated rings. The number of hydrogen-bond acceptors (Lipinski definition) is 8. The van der Waals surface area contributed by atoms with Gasteiger partial charge in [-0.2, -0.15) is 0 Å². The Morgan fingerprint density at radius 2 is 1.61 bits per heavy atom. The van der Waals surface area contributed by atoms with E-state index in [4.69, 9.17) is 16.3 Å². The van der Waals surface area contributed by atoms with E-state index < -0.39 is 11.6 Å². The molecule has 0 saturated carbocycles. The van der Waals surface area contributed by atoms with Crippen LogP contribution in [0, 0.1) is 0 Å². The van der Waals surface area contributed by atoms with Gasteiger partial charge in [0, 0.05) is 55.2 Å². The molecule has 11 nitrogen and oxygen atoms in total. The van der Waals surface area contributed by atoms with Gasteiger partial charge in [-0.05, 0) is 63.1 Å². The van der Waals surface area contributed by atoms with Gasteiger partial charge >= 0.3 is 6.09 Å². The molecule has 4 heterocycles. The molecule has 1 aliphatic heterocycles. The van der Waals surface area contributed by atoms with Crippen LogP contribution >= 0.6 is 11.6 Å². The monoisotopic (exact) mass is 703 g/mol. The number of carbonyl (C=O) groups is 1. The molecule has 3 aromatic heterocycles. The van der Waals surface area contributed by atoms with Crippen LogP contribution in [-0.2, 0) is 4.74 Å². The number of hydrogen-bond donors (Lipinski definition) is 2. The van der Waals surface area contributed by atoms with Gasteiger partial charge in [0.05, 0.1) is 22.1 Å². The number of piperazine rings is 1. The number of halogens is 1. The quantitative estimate of drug-likeness (QED) is 0.187. The zero-order chi connectivity index (χ0) is 35.9. The maximum absolute atomic E-state index is 14.8. The van der Waals surface area contributed by atoms with E-state index in [1.54, 1.807) is 15.7 Å². The molecule has 6 aromatic rings. The van der Waals surface area contributed by atoms with Crippen molar-refractivity contribution in [3.05, 3.63) is 123 Å². The van der Waals surface area contributed by atoms with E-state index in [1.807, 2.05) is 100 Å². The number of nitrogens with zero attached hydrogens (tertiary/aromatic N) is 5. The fraction of sp³-hybridized carbons (Fsp3) is 0.256. The van der Waals surface area contributed by atoms with Crippen LogP contribution in [0.25, 0.3) is 38.6 Å². The summed E-state index contributed by atoms with van der Waals surface area (Å²) >= 11 is 7.29. The molecule has 1 saturated heterocycles. The molecule has 2 N–H and O–H groups in total. The van der Waals surface area contributed by atoms with Crippen LogP contribution < -0.4 is 21.2 Å². The molecule has 0 bridgehead atoms. The summed E-state index contributed by atoms with van der Waals surface area (Å²) < 4.78 is 7.19. The lowest BCUT2D eigenvalue weighted by Gasteiger charge is -2.36. The SMILES string of the molecule is C[C@H](Nc1ncnc2[nH]ccc(=O)c12)c1c(Cl)c2cccc(-c3ccc(N4CCN(C(=O)OC(C)(C)C)CC4)cc3)c2c(=O)n1-c1ccccc1. The normalized spacial score (nSPS) is 14.1. The average Bonchev–Trinajstić information content (AvgIpc) is 3.12. The second-order valence-electron chi connectivity index (χ2n) is 13.6. The van der Waals surface area contributed by atoms with Gasteiger partial charge in [-0.3, -0.25) is 14.2 Å². The molecule has 3 aromatic carbocycles. The van der Waals surface area contributed by atoms with Crippen molar-refractivity contribution in [1.82, 2.24) is 24.4 Å². The van der Waals surface area contributed by atoms with Crippen LogP contribution in [0.15, 0.2) is 101 Å². The Labute approximate surface area is 299 Å². The maximum Gasteiger partial charge on any atom is 0.410 e. The number of pyridine rings is 2. The van der Waals surface area contributed by atoms with Crippen molar-refractivity contribution in [2.24, 2.45) is 0 Å². The summed E-state index contributed by atoms with van der Waals surface area (Å²) in [4.78, 5) is 55.7.